The molecule has 2 fully saturated rings. The maximum atomic E-state index is 13.5. The number of hydrogen-bond acceptors (Lipinski definition) is 5. The number of nitrogens with one attached hydrogen (secondary N) is 2. The zero-order valence-electron chi connectivity index (χ0n) is 17.9. The van der Waals surface area contributed by atoms with Crippen LogP contribution in [0.3, 0.4) is 0 Å². The van der Waals surface area contributed by atoms with Crippen LogP contribution in [-0.2, 0) is 5.54 Å². The van der Waals surface area contributed by atoms with Gasteiger partial charge in [-0.2, -0.15) is 0 Å². The van der Waals surface area contributed by atoms with Gasteiger partial charge in [-0.05, 0) is 49.9 Å². The first-order valence-electron chi connectivity index (χ1n) is 11.4. The van der Waals surface area contributed by atoms with E-state index in [4.69, 9.17) is 20.4 Å². The van der Waals surface area contributed by atoms with Crippen molar-refractivity contribution in [3.8, 4) is 0 Å². The van der Waals surface area contributed by atoms with E-state index in [1.54, 1.807) is 6.26 Å². The van der Waals surface area contributed by atoms with Gasteiger partial charge in [0.15, 0.2) is 5.76 Å². The third-order valence-corrected chi connectivity index (χ3v) is 7.50. The molecular weight excluding hydrogens is 426 g/mol. The van der Waals surface area contributed by atoms with Gasteiger partial charge in [0, 0.05) is 17.5 Å². The van der Waals surface area contributed by atoms with E-state index in [1.165, 1.54) is 6.42 Å². The average molecular weight is 452 g/mol. The number of hydrogen-bond donors (Lipinski definition) is 2. The molecule has 1 spiro atoms. The van der Waals surface area contributed by atoms with E-state index >= 15 is 0 Å². The van der Waals surface area contributed by atoms with Crippen LogP contribution in [0.15, 0.2) is 51.8 Å². The summed E-state index contributed by atoms with van der Waals surface area (Å²) in [6.45, 7) is 4.81. The molecule has 4 heterocycles. The van der Waals surface area contributed by atoms with Crippen LogP contribution < -0.4 is 10.6 Å². The van der Waals surface area contributed by atoms with Crippen molar-refractivity contribution in [2.45, 2.75) is 56.5 Å². The van der Waals surface area contributed by atoms with Crippen molar-refractivity contribution in [3.63, 3.8) is 0 Å². The fourth-order valence-electron chi connectivity index (χ4n) is 5.83. The Morgan fingerprint density at radius 1 is 1.22 bits per heavy atom. The molecule has 1 amide bonds. The summed E-state index contributed by atoms with van der Waals surface area (Å²) in [6.07, 6.45) is 8.91. The summed E-state index contributed by atoms with van der Waals surface area (Å²) in [6, 6.07) is 7.46. The van der Waals surface area contributed by atoms with E-state index in [0.29, 0.717) is 17.3 Å². The lowest BCUT2D eigenvalue weighted by Crippen LogP contribution is -2.48. The monoisotopic (exact) mass is 451 g/mol. The molecule has 32 heavy (non-hydrogen) atoms. The highest BCUT2D eigenvalue weighted by Gasteiger charge is 2.43. The van der Waals surface area contributed by atoms with Gasteiger partial charge < -0.3 is 24.4 Å². The van der Waals surface area contributed by atoms with E-state index in [1.807, 2.05) is 29.2 Å². The van der Waals surface area contributed by atoms with Crippen molar-refractivity contribution < 1.29 is 13.6 Å². The molecule has 166 valence electrons. The predicted molar refractivity (Wildman–Crippen MR) is 124 cm³/mol. The highest BCUT2D eigenvalue weighted by molar-refractivity contribution is 6.34. The molecule has 1 aromatic carbocycles. The molecule has 1 unspecified atom stereocenters. The molecule has 2 aromatic heterocycles. The maximum Gasteiger partial charge on any atom is 0.290 e. The predicted octanol–water partition coefficient (Wildman–Crippen LogP) is 6.30. The normalized spacial score (nSPS) is 22.1. The van der Waals surface area contributed by atoms with Gasteiger partial charge in [-0.1, -0.05) is 37.4 Å². The van der Waals surface area contributed by atoms with E-state index in [0.717, 1.165) is 72.3 Å². The van der Waals surface area contributed by atoms with Crippen LogP contribution >= 0.6 is 11.6 Å². The molecule has 6 rings (SSSR count). The quantitative estimate of drug-likeness (QED) is 0.478. The Morgan fingerprint density at radius 3 is 2.84 bits per heavy atom. The fourth-order valence-corrected chi connectivity index (χ4v) is 6.08. The van der Waals surface area contributed by atoms with Crippen molar-refractivity contribution >= 4 is 34.2 Å². The maximum absolute atomic E-state index is 13.5. The Balaban J connectivity index is 1.45. The number of furan rings is 2. The molecule has 3 aliphatic rings. The highest BCUT2D eigenvalue weighted by atomic mass is 35.5. The van der Waals surface area contributed by atoms with E-state index in [9.17, 15) is 4.79 Å². The van der Waals surface area contributed by atoms with Crippen LogP contribution in [-0.4, -0.2) is 17.4 Å². The van der Waals surface area contributed by atoms with Crippen molar-refractivity contribution in [1.29, 1.82) is 0 Å². The molecule has 3 aromatic rings. The minimum atomic E-state index is -0.276. The smallest absolute Gasteiger partial charge is 0.290 e. The Labute approximate surface area is 191 Å². The summed E-state index contributed by atoms with van der Waals surface area (Å²) in [7, 11) is 0. The van der Waals surface area contributed by atoms with Crippen LogP contribution in [0.25, 0.3) is 11.0 Å². The van der Waals surface area contributed by atoms with Gasteiger partial charge in [0.05, 0.1) is 34.4 Å². The number of carbonyl (C=O) groups excluding carboxylic acids is 1. The number of benzene rings is 1. The standard InChI is InChI=1S/C25H26ClN3O3/c1-15-27-22-17(26)13-16-14-20(24(30)29-11-5-7-18(29)19-8-6-12-31-19)32-23(16)21(22)25(28-15)9-3-2-4-10-25/h6,8,12-14,18,27-28H,1-5,7,9-11H2. The second kappa shape index (κ2) is 7.34. The molecule has 2 N–H and O–H groups in total. The molecule has 1 saturated carbocycles. The van der Waals surface area contributed by atoms with Gasteiger partial charge in [0.1, 0.15) is 11.3 Å². The second-order valence-electron chi connectivity index (χ2n) is 9.18. The molecule has 0 radical (unpaired) electrons. The topological polar surface area (TPSA) is 70.7 Å². The molecule has 7 heteroatoms. The second-order valence-corrected chi connectivity index (χ2v) is 9.59. The van der Waals surface area contributed by atoms with Crippen LogP contribution in [0.2, 0.25) is 5.02 Å². The molecule has 6 nitrogen and oxygen atoms in total. The molecule has 1 saturated heterocycles. The minimum absolute atomic E-state index is 0.0560. The highest BCUT2D eigenvalue weighted by Crippen LogP contribution is 2.50. The van der Waals surface area contributed by atoms with Crippen LogP contribution in [0, 0.1) is 0 Å². The van der Waals surface area contributed by atoms with E-state index in [2.05, 4.69) is 17.2 Å². The summed E-state index contributed by atoms with van der Waals surface area (Å²) in [5.41, 5.74) is 2.32. The van der Waals surface area contributed by atoms with Gasteiger partial charge in [-0.25, -0.2) is 0 Å². The molecule has 1 aliphatic carbocycles. The van der Waals surface area contributed by atoms with Crippen molar-refractivity contribution in [2.24, 2.45) is 0 Å². The lowest BCUT2D eigenvalue weighted by molar-refractivity contribution is 0.0689. The first-order chi connectivity index (χ1) is 15.6. The first-order valence-corrected chi connectivity index (χ1v) is 11.8. The number of likely N-dealkylation sites (tertiary alicyclic amines) is 1. The third kappa shape index (κ3) is 2.96. The molecular formula is C25H26ClN3O3. The number of carbonyl (C=O) groups is 1. The minimum Gasteiger partial charge on any atom is -0.467 e. The first kappa shape index (κ1) is 19.8. The number of rotatable bonds is 2. The Bertz CT molecular complexity index is 1210. The van der Waals surface area contributed by atoms with Gasteiger partial charge in [0.2, 0.25) is 0 Å². The van der Waals surface area contributed by atoms with Gasteiger partial charge in [-0.15, -0.1) is 0 Å². The number of amides is 1. The zero-order chi connectivity index (χ0) is 21.9. The lowest BCUT2D eigenvalue weighted by atomic mass is 9.74. The van der Waals surface area contributed by atoms with Crippen molar-refractivity contribution in [3.05, 3.63) is 65.0 Å². The van der Waals surface area contributed by atoms with Crippen LogP contribution in [0.1, 0.15) is 72.9 Å². The summed E-state index contributed by atoms with van der Waals surface area (Å²) in [4.78, 5) is 15.4. The van der Waals surface area contributed by atoms with Crippen LogP contribution in [0.5, 0.6) is 0 Å². The number of anilines is 1. The zero-order valence-corrected chi connectivity index (χ0v) is 18.6. The number of halogens is 1. The lowest BCUT2D eigenvalue weighted by Gasteiger charge is -2.44. The Kier molecular flexibility index (Phi) is 4.54. The largest absolute Gasteiger partial charge is 0.467 e. The van der Waals surface area contributed by atoms with Crippen molar-refractivity contribution in [1.82, 2.24) is 10.2 Å². The molecule has 1 atom stereocenters. The van der Waals surface area contributed by atoms with Gasteiger partial charge >= 0.3 is 0 Å². The summed E-state index contributed by atoms with van der Waals surface area (Å²) < 4.78 is 11.9. The van der Waals surface area contributed by atoms with Gasteiger partial charge in [0.25, 0.3) is 5.91 Å². The van der Waals surface area contributed by atoms with Gasteiger partial charge in [-0.3, -0.25) is 4.79 Å². The summed E-state index contributed by atoms with van der Waals surface area (Å²) in [5, 5.41) is 8.37. The number of fused-ring (bicyclic) bond motifs is 4. The summed E-state index contributed by atoms with van der Waals surface area (Å²) >= 11 is 6.71. The SMILES string of the molecule is C=C1Nc2c(Cl)cc3cc(C(=O)N4CCCC4c4ccco4)oc3c2C2(CCCCC2)N1. The fraction of sp³-hybridized carbons (Fsp3) is 0.400. The molecule has 0 bridgehead atoms. The Hall–Kier alpha value is -2.86. The van der Waals surface area contributed by atoms with E-state index < -0.39 is 0 Å². The molecule has 2 aliphatic heterocycles. The van der Waals surface area contributed by atoms with Crippen LogP contribution in [0.4, 0.5) is 5.69 Å². The average Bonchev–Trinajstić information content (AvgIpc) is 3.53. The third-order valence-electron chi connectivity index (χ3n) is 7.21. The Morgan fingerprint density at radius 2 is 2.06 bits per heavy atom. The van der Waals surface area contributed by atoms with Crippen molar-refractivity contribution in [2.75, 3.05) is 11.9 Å². The number of nitrogens with zero attached hydrogens (tertiary/aromatic N) is 1. The summed E-state index contributed by atoms with van der Waals surface area (Å²) in [5.74, 6) is 1.81. The van der Waals surface area contributed by atoms with E-state index in [-0.39, 0.29) is 17.5 Å².